The molecule has 0 radical (unpaired) electrons. The molecule has 0 aliphatic carbocycles. The van der Waals surface area contributed by atoms with Gasteiger partial charge < -0.3 is 5.32 Å². The average molecular weight is 245 g/mol. The first kappa shape index (κ1) is 12.7. The van der Waals surface area contributed by atoms with E-state index in [1.807, 2.05) is 24.7 Å². The van der Waals surface area contributed by atoms with Gasteiger partial charge in [0.15, 0.2) is 0 Å². The van der Waals surface area contributed by atoms with Crippen molar-refractivity contribution in [2.24, 2.45) is 7.05 Å². The standard InChI is InChI=1S/C13H19N5/c1-9(13-10(2)17-18(4)11(13)3)15-7-12-5-6-14-8-16-12/h5-6,8-9,15H,7H2,1-4H3. The van der Waals surface area contributed by atoms with Crippen LogP contribution in [0.4, 0.5) is 0 Å². The maximum atomic E-state index is 4.44. The van der Waals surface area contributed by atoms with Crippen molar-refractivity contribution in [3.05, 3.63) is 41.2 Å². The topological polar surface area (TPSA) is 55.6 Å². The molecule has 0 spiro atoms. The van der Waals surface area contributed by atoms with Crippen molar-refractivity contribution in [3.63, 3.8) is 0 Å². The highest BCUT2D eigenvalue weighted by Crippen LogP contribution is 2.20. The van der Waals surface area contributed by atoms with Crippen molar-refractivity contribution in [1.82, 2.24) is 25.1 Å². The molecule has 1 atom stereocenters. The molecule has 2 rings (SSSR count). The summed E-state index contributed by atoms with van der Waals surface area (Å²) in [5, 5.41) is 7.90. The lowest BCUT2D eigenvalue weighted by molar-refractivity contribution is 0.561. The van der Waals surface area contributed by atoms with Gasteiger partial charge in [0.2, 0.25) is 0 Å². The Hall–Kier alpha value is -1.75. The minimum absolute atomic E-state index is 0.258. The minimum atomic E-state index is 0.258. The third kappa shape index (κ3) is 2.56. The van der Waals surface area contributed by atoms with Crippen LogP contribution in [0, 0.1) is 13.8 Å². The lowest BCUT2D eigenvalue weighted by atomic mass is 10.1. The van der Waals surface area contributed by atoms with Crippen LogP contribution in [0.15, 0.2) is 18.6 Å². The Bertz CT molecular complexity index is 518. The van der Waals surface area contributed by atoms with Crippen LogP contribution in [0.25, 0.3) is 0 Å². The van der Waals surface area contributed by atoms with Crippen molar-refractivity contribution >= 4 is 0 Å². The number of nitrogens with zero attached hydrogens (tertiary/aromatic N) is 4. The molecule has 96 valence electrons. The third-order valence-electron chi connectivity index (χ3n) is 3.23. The first-order valence-corrected chi connectivity index (χ1v) is 6.08. The summed E-state index contributed by atoms with van der Waals surface area (Å²) in [6, 6.07) is 2.18. The molecule has 2 aromatic heterocycles. The van der Waals surface area contributed by atoms with Crippen LogP contribution in [0.5, 0.6) is 0 Å². The van der Waals surface area contributed by atoms with Crippen LogP contribution >= 0.6 is 0 Å². The van der Waals surface area contributed by atoms with Crippen molar-refractivity contribution < 1.29 is 0 Å². The summed E-state index contributed by atoms with van der Waals surface area (Å²) in [6.45, 7) is 7.03. The van der Waals surface area contributed by atoms with E-state index in [9.17, 15) is 0 Å². The van der Waals surface area contributed by atoms with Gasteiger partial charge in [0.05, 0.1) is 11.4 Å². The Kier molecular flexibility index (Phi) is 3.72. The maximum absolute atomic E-state index is 4.44. The first-order chi connectivity index (χ1) is 8.59. The van der Waals surface area contributed by atoms with Crippen LogP contribution in [0.1, 0.15) is 35.6 Å². The second-order valence-corrected chi connectivity index (χ2v) is 4.51. The van der Waals surface area contributed by atoms with Gasteiger partial charge in [-0.15, -0.1) is 0 Å². The molecule has 0 bridgehead atoms. The van der Waals surface area contributed by atoms with Gasteiger partial charge in [-0.1, -0.05) is 0 Å². The summed E-state index contributed by atoms with van der Waals surface area (Å²) >= 11 is 0. The molecule has 0 fully saturated rings. The highest BCUT2D eigenvalue weighted by atomic mass is 15.3. The number of nitrogens with one attached hydrogen (secondary N) is 1. The molecule has 5 nitrogen and oxygen atoms in total. The largest absolute Gasteiger partial charge is 0.304 e. The number of hydrogen-bond donors (Lipinski definition) is 1. The predicted molar refractivity (Wildman–Crippen MR) is 70.0 cm³/mol. The molecule has 0 saturated carbocycles. The highest BCUT2D eigenvalue weighted by Gasteiger charge is 2.15. The van der Waals surface area contributed by atoms with Crippen molar-refractivity contribution in [3.8, 4) is 0 Å². The van der Waals surface area contributed by atoms with Gasteiger partial charge in [-0.05, 0) is 26.8 Å². The second kappa shape index (κ2) is 5.27. The van der Waals surface area contributed by atoms with Gasteiger partial charge in [0.25, 0.3) is 0 Å². The molecule has 0 aliphatic rings. The van der Waals surface area contributed by atoms with Gasteiger partial charge in [-0.25, -0.2) is 9.97 Å². The van der Waals surface area contributed by atoms with E-state index in [-0.39, 0.29) is 6.04 Å². The van der Waals surface area contributed by atoms with E-state index in [0.29, 0.717) is 0 Å². The van der Waals surface area contributed by atoms with Crippen LogP contribution in [-0.2, 0) is 13.6 Å². The lowest BCUT2D eigenvalue weighted by Crippen LogP contribution is -2.20. The fraction of sp³-hybridized carbons (Fsp3) is 0.462. The van der Waals surface area contributed by atoms with Gasteiger partial charge in [0, 0.05) is 37.1 Å². The van der Waals surface area contributed by atoms with Crippen LogP contribution < -0.4 is 5.32 Å². The Labute approximate surface area is 107 Å². The maximum Gasteiger partial charge on any atom is 0.115 e. The van der Waals surface area contributed by atoms with Gasteiger partial charge in [-0.2, -0.15) is 5.10 Å². The molecule has 5 heteroatoms. The van der Waals surface area contributed by atoms with Crippen LogP contribution in [0.3, 0.4) is 0 Å². The fourth-order valence-electron chi connectivity index (χ4n) is 2.20. The first-order valence-electron chi connectivity index (χ1n) is 6.08. The van der Waals surface area contributed by atoms with E-state index in [1.54, 1.807) is 12.5 Å². The summed E-state index contributed by atoms with van der Waals surface area (Å²) < 4.78 is 1.92. The summed E-state index contributed by atoms with van der Waals surface area (Å²) in [4.78, 5) is 8.11. The quantitative estimate of drug-likeness (QED) is 0.890. The molecule has 2 aromatic rings. The van der Waals surface area contributed by atoms with E-state index in [4.69, 9.17) is 0 Å². The second-order valence-electron chi connectivity index (χ2n) is 4.51. The van der Waals surface area contributed by atoms with E-state index in [0.717, 1.165) is 17.9 Å². The fourth-order valence-corrected chi connectivity index (χ4v) is 2.20. The number of aromatic nitrogens is 4. The lowest BCUT2D eigenvalue weighted by Gasteiger charge is -2.14. The predicted octanol–water partition coefficient (Wildman–Crippen LogP) is 1.68. The summed E-state index contributed by atoms with van der Waals surface area (Å²) in [6.07, 6.45) is 3.33. The normalized spacial score (nSPS) is 12.7. The minimum Gasteiger partial charge on any atom is -0.304 e. The Balaban J connectivity index is 2.06. The molecule has 18 heavy (non-hydrogen) atoms. The van der Waals surface area contributed by atoms with Crippen molar-refractivity contribution in [2.75, 3.05) is 0 Å². The summed E-state index contributed by atoms with van der Waals surface area (Å²) in [5.41, 5.74) is 4.55. The molecule has 0 amide bonds. The molecule has 0 aromatic carbocycles. The number of aryl methyl sites for hydroxylation is 2. The highest BCUT2D eigenvalue weighted by molar-refractivity contribution is 5.27. The Morgan fingerprint density at radius 3 is 2.72 bits per heavy atom. The summed E-state index contributed by atoms with van der Waals surface area (Å²) in [7, 11) is 1.98. The van der Waals surface area contributed by atoms with Crippen LogP contribution in [0.2, 0.25) is 0 Å². The van der Waals surface area contributed by atoms with Crippen molar-refractivity contribution in [2.45, 2.75) is 33.4 Å². The number of hydrogen-bond acceptors (Lipinski definition) is 4. The zero-order valence-corrected chi connectivity index (χ0v) is 11.3. The molecule has 1 N–H and O–H groups in total. The summed E-state index contributed by atoms with van der Waals surface area (Å²) in [5.74, 6) is 0. The van der Waals surface area contributed by atoms with E-state index >= 15 is 0 Å². The van der Waals surface area contributed by atoms with E-state index in [1.165, 1.54) is 11.3 Å². The van der Waals surface area contributed by atoms with E-state index in [2.05, 4.69) is 34.2 Å². The van der Waals surface area contributed by atoms with Gasteiger partial charge >= 0.3 is 0 Å². The molecule has 1 unspecified atom stereocenters. The smallest absolute Gasteiger partial charge is 0.115 e. The Morgan fingerprint density at radius 2 is 2.17 bits per heavy atom. The molecular formula is C13H19N5. The monoisotopic (exact) mass is 245 g/mol. The average Bonchev–Trinajstić information content (AvgIpc) is 2.62. The zero-order valence-electron chi connectivity index (χ0n) is 11.3. The Morgan fingerprint density at radius 1 is 1.39 bits per heavy atom. The van der Waals surface area contributed by atoms with Crippen LogP contribution in [-0.4, -0.2) is 19.7 Å². The SMILES string of the molecule is Cc1nn(C)c(C)c1C(C)NCc1ccncn1. The van der Waals surface area contributed by atoms with Crippen molar-refractivity contribution in [1.29, 1.82) is 0 Å². The molecule has 0 saturated heterocycles. The molecular weight excluding hydrogens is 226 g/mol. The number of rotatable bonds is 4. The third-order valence-corrected chi connectivity index (χ3v) is 3.23. The van der Waals surface area contributed by atoms with E-state index < -0.39 is 0 Å². The molecule has 2 heterocycles. The van der Waals surface area contributed by atoms with Gasteiger partial charge in [0.1, 0.15) is 6.33 Å². The molecule has 0 aliphatic heterocycles. The zero-order chi connectivity index (χ0) is 13.1. The van der Waals surface area contributed by atoms with Gasteiger partial charge in [-0.3, -0.25) is 4.68 Å².